The predicted molar refractivity (Wildman–Crippen MR) is 130 cm³/mol. The molecular weight excluding hydrogens is 450 g/mol. The molecule has 33 heavy (non-hydrogen) atoms. The van der Waals surface area contributed by atoms with E-state index in [4.69, 9.17) is 4.99 Å². The van der Waals surface area contributed by atoms with Crippen LogP contribution in [0.15, 0.2) is 56.8 Å². The zero-order chi connectivity index (χ0) is 22.2. The molecule has 0 amide bonds. The summed E-state index contributed by atoms with van der Waals surface area (Å²) in [7, 11) is 0. The van der Waals surface area contributed by atoms with Crippen molar-refractivity contribution >= 4 is 28.2 Å². The summed E-state index contributed by atoms with van der Waals surface area (Å²) in [6, 6.07) is 6.35. The van der Waals surface area contributed by atoms with Gasteiger partial charge in [0.15, 0.2) is 5.49 Å². The van der Waals surface area contributed by atoms with E-state index in [-0.39, 0.29) is 6.04 Å². The van der Waals surface area contributed by atoms with Crippen LogP contribution in [0.2, 0.25) is 0 Å². The number of nitrogens with one attached hydrogen (secondary N) is 2. The topological polar surface area (TPSA) is 93.0 Å². The third kappa shape index (κ3) is 3.64. The van der Waals surface area contributed by atoms with E-state index in [1.165, 1.54) is 22.6 Å². The number of hydrogen-bond donors (Lipinski definition) is 2. The SMILES string of the molecule is N#CC1C(C2=CC=C(N3CCNCC3)CC2)=c2c(-c3cccs3)n[nH]c2=NC1c1cscn1. The van der Waals surface area contributed by atoms with Gasteiger partial charge in [-0.1, -0.05) is 12.1 Å². The molecule has 0 spiro atoms. The molecular formula is C24H23N7S2. The first-order valence-corrected chi connectivity index (χ1v) is 13.0. The molecule has 2 N–H and O–H groups in total. The van der Waals surface area contributed by atoms with E-state index in [1.807, 2.05) is 11.4 Å². The maximum absolute atomic E-state index is 10.4. The zero-order valence-corrected chi connectivity index (χ0v) is 19.6. The minimum atomic E-state index is -0.406. The molecule has 2 atom stereocenters. The van der Waals surface area contributed by atoms with Crippen molar-refractivity contribution in [2.75, 3.05) is 26.2 Å². The Labute approximate surface area is 199 Å². The molecule has 2 unspecified atom stereocenters. The fraction of sp³-hybridized carbons (Fsp3) is 0.333. The smallest absolute Gasteiger partial charge is 0.152 e. The van der Waals surface area contributed by atoms with Crippen LogP contribution in [0, 0.1) is 17.2 Å². The molecule has 1 aliphatic carbocycles. The largest absolute Gasteiger partial charge is 0.372 e. The number of piperazine rings is 1. The van der Waals surface area contributed by atoms with Crippen LogP contribution < -0.4 is 16.0 Å². The van der Waals surface area contributed by atoms with Gasteiger partial charge in [0.25, 0.3) is 0 Å². The second-order valence-electron chi connectivity index (χ2n) is 8.37. The average Bonchev–Trinajstić information content (AvgIpc) is 3.65. The first kappa shape index (κ1) is 20.5. The van der Waals surface area contributed by atoms with Gasteiger partial charge in [0, 0.05) is 37.3 Å². The number of aromatic nitrogens is 3. The molecule has 9 heteroatoms. The number of H-pyrrole nitrogens is 1. The van der Waals surface area contributed by atoms with E-state index < -0.39 is 5.92 Å². The highest BCUT2D eigenvalue weighted by Crippen LogP contribution is 2.39. The quantitative estimate of drug-likeness (QED) is 0.608. The summed E-state index contributed by atoms with van der Waals surface area (Å²) in [6.45, 7) is 4.15. The lowest BCUT2D eigenvalue weighted by atomic mass is 9.80. The van der Waals surface area contributed by atoms with Gasteiger partial charge in [0.1, 0.15) is 17.7 Å². The molecule has 1 saturated heterocycles. The number of nitriles is 1. The number of nitrogens with zero attached hydrogens (tertiary/aromatic N) is 5. The lowest BCUT2D eigenvalue weighted by Crippen LogP contribution is -2.43. The van der Waals surface area contributed by atoms with Gasteiger partial charge < -0.3 is 10.2 Å². The summed E-state index contributed by atoms with van der Waals surface area (Å²) in [5.41, 5.74) is 7.92. The van der Waals surface area contributed by atoms with Crippen LogP contribution in [-0.4, -0.2) is 46.3 Å². The summed E-state index contributed by atoms with van der Waals surface area (Å²) in [5, 5.41) is 26.6. The van der Waals surface area contributed by atoms with Crippen molar-refractivity contribution in [2.24, 2.45) is 10.9 Å². The Bertz CT molecular complexity index is 1370. The number of fused-ring (bicyclic) bond motifs is 1. The molecule has 3 aromatic heterocycles. The number of thiophene rings is 1. The molecule has 5 heterocycles. The van der Waals surface area contributed by atoms with Gasteiger partial charge in [-0.25, -0.2) is 4.98 Å². The minimum absolute atomic E-state index is 0.333. The van der Waals surface area contributed by atoms with Crippen molar-refractivity contribution in [2.45, 2.75) is 18.9 Å². The summed E-state index contributed by atoms with van der Waals surface area (Å²) in [4.78, 5) is 13.0. The fourth-order valence-corrected chi connectivity index (χ4v) is 6.27. The first-order chi connectivity index (χ1) is 16.3. The van der Waals surface area contributed by atoms with E-state index in [0.29, 0.717) is 0 Å². The van der Waals surface area contributed by atoms with Crippen molar-refractivity contribution in [1.29, 1.82) is 5.26 Å². The Kier molecular flexibility index (Phi) is 5.42. The van der Waals surface area contributed by atoms with Gasteiger partial charge in [-0.05, 0) is 41.5 Å². The van der Waals surface area contributed by atoms with Gasteiger partial charge in [0.05, 0.1) is 27.4 Å². The summed E-state index contributed by atoms with van der Waals surface area (Å²) in [5.74, 6) is -0.406. The second-order valence-corrected chi connectivity index (χ2v) is 10.0. The lowest BCUT2D eigenvalue weighted by molar-refractivity contribution is 0.289. The lowest BCUT2D eigenvalue weighted by Gasteiger charge is -2.33. The van der Waals surface area contributed by atoms with Crippen molar-refractivity contribution in [1.82, 2.24) is 25.4 Å². The number of rotatable bonds is 4. The zero-order valence-electron chi connectivity index (χ0n) is 18.0. The highest BCUT2D eigenvalue weighted by molar-refractivity contribution is 7.13. The van der Waals surface area contributed by atoms with Crippen LogP contribution in [0.25, 0.3) is 16.1 Å². The van der Waals surface area contributed by atoms with Gasteiger partial charge in [-0.15, -0.1) is 22.7 Å². The van der Waals surface area contributed by atoms with E-state index in [9.17, 15) is 5.26 Å². The van der Waals surface area contributed by atoms with Crippen LogP contribution in [0.3, 0.4) is 0 Å². The third-order valence-electron chi connectivity index (χ3n) is 6.56. The van der Waals surface area contributed by atoms with Crippen LogP contribution in [-0.2, 0) is 0 Å². The van der Waals surface area contributed by atoms with E-state index >= 15 is 0 Å². The predicted octanol–water partition coefficient (Wildman–Crippen LogP) is 2.77. The highest BCUT2D eigenvalue weighted by atomic mass is 32.1. The average molecular weight is 474 g/mol. The molecule has 3 aliphatic rings. The number of aromatic amines is 1. The van der Waals surface area contributed by atoms with Gasteiger partial charge in [0.2, 0.25) is 0 Å². The molecule has 3 aromatic rings. The maximum atomic E-state index is 10.4. The fourth-order valence-electron chi connectivity index (χ4n) is 4.97. The molecule has 0 aromatic carbocycles. The molecule has 2 aliphatic heterocycles. The number of hydrogen-bond acceptors (Lipinski definition) is 8. The van der Waals surface area contributed by atoms with Crippen molar-refractivity contribution < 1.29 is 0 Å². The maximum Gasteiger partial charge on any atom is 0.152 e. The summed E-state index contributed by atoms with van der Waals surface area (Å²) in [6.07, 6.45) is 6.35. The van der Waals surface area contributed by atoms with Gasteiger partial charge in [-0.2, -0.15) is 10.4 Å². The summed E-state index contributed by atoms with van der Waals surface area (Å²) >= 11 is 3.19. The van der Waals surface area contributed by atoms with Crippen LogP contribution in [0.4, 0.5) is 0 Å². The number of allylic oxidation sites excluding steroid dienone is 4. The Hall–Kier alpha value is -3.06. The van der Waals surface area contributed by atoms with Crippen LogP contribution in [0.5, 0.6) is 0 Å². The first-order valence-electron chi connectivity index (χ1n) is 11.2. The van der Waals surface area contributed by atoms with Crippen LogP contribution in [0.1, 0.15) is 24.6 Å². The molecule has 6 rings (SSSR count). The highest BCUT2D eigenvalue weighted by Gasteiger charge is 2.35. The van der Waals surface area contributed by atoms with Gasteiger partial charge >= 0.3 is 0 Å². The minimum Gasteiger partial charge on any atom is -0.372 e. The molecule has 0 bridgehead atoms. The molecule has 0 radical (unpaired) electrons. The second kappa shape index (κ2) is 8.71. The normalized spacial score (nSPS) is 22.8. The Balaban J connectivity index is 1.52. The van der Waals surface area contributed by atoms with Crippen molar-refractivity contribution in [3.63, 3.8) is 0 Å². The molecule has 0 saturated carbocycles. The number of thiazole rings is 1. The Morgan fingerprint density at radius 2 is 2.09 bits per heavy atom. The molecule has 1 fully saturated rings. The Morgan fingerprint density at radius 1 is 1.18 bits per heavy atom. The molecule has 7 nitrogen and oxygen atoms in total. The van der Waals surface area contributed by atoms with E-state index in [1.54, 1.807) is 16.8 Å². The van der Waals surface area contributed by atoms with E-state index in [2.05, 4.69) is 55.1 Å². The Morgan fingerprint density at radius 3 is 2.79 bits per heavy atom. The van der Waals surface area contributed by atoms with E-state index in [0.717, 1.165) is 71.6 Å². The van der Waals surface area contributed by atoms with Crippen molar-refractivity contribution in [3.8, 4) is 16.6 Å². The third-order valence-corrected chi connectivity index (χ3v) is 8.04. The summed E-state index contributed by atoms with van der Waals surface area (Å²) < 4.78 is 0. The van der Waals surface area contributed by atoms with Gasteiger partial charge in [-0.3, -0.25) is 10.1 Å². The molecule has 166 valence electrons. The van der Waals surface area contributed by atoms with Crippen LogP contribution >= 0.6 is 22.7 Å². The standard InChI is InChI=1S/C24H23N7S2/c25-12-17-20(15-3-5-16(6-4-15)31-9-7-26-8-10-31)21-23(19-2-1-11-33-19)29-30-24(21)28-22(17)18-13-32-14-27-18/h1-3,5,11,13-14,17,22,26H,4,6-10H2,(H,28,30). The monoisotopic (exact) mass is 473 g/mol. The van der Waals surface area contributed by atoms with Crippen molar-refractivity contribution in [3.05, 3.63) is 68.2 Å².